The first-order valence-corrected chi connectivity index (χ1v) is 23.6. The van der Waals surface area contributed by atoms with E-state index in [1.54, 1.807) is 19.1 Å². The number of fused-ring (bicyclic) bond motifs is 10. The van der Waals surface area contributed by atoms with Crippen LogP contribution in [0.3, 0.4) is 0 Å². The normalized spacial score (nSPS) is 32.5. The first-order valence-electron chi connectivity index (χ1n) is 23.6. The minimum absolute atomic E-state index is 0.0111. The van der Waals surface area contributed by atoms with Gasteiger partial charge in [-0.15, -0.1) is 0 Å². The molecule has 11 unspecified atom stereocenters. The molecule has 7 aliphatic rings. The number of carbonyl (C=O) groups excluding carboxylic acids is 3. The van der Waals surface area contributed by atoms with E-state index >= 15 is 4.79 Å². The topological polar surface area (TPSA) is 183 Å². The lowest BCUT2D eigenvalue weighted by atomic mass is 9.48. The van der Waals surface area contributed by atoms with E-state index in [-0.39, 0.29) is 91.3 Å². The number of aromatic hydroxyl groups is 1. The van der Waals surface area contributed by atoms with Crippen LogP contribution in [0.5, 0.6) is 11.5 Å². The third-order valence-corrected chi connectivity index (χ3v) is 16.1. The molecule has 0 spiro atoms. The number of ketones is 1. The third-order valence-electron chi connectivity index (χ3n) is 16.1. The summed E-state index contributed by atoms with van der Waals surface area (Å²) in [6.07, 6.45) is 3.92. The largest absolute Gasteiger partial charge is 0.508 e. The number of benzene rings is 3. The second-order valence-electron chi connectivity index (χ2n) is 19.9. The highest BCUT2D eigenvalue weighted by molar-refractivity contribution is 5.90. The number of hydrogen-bond acceptors (Lipinski definition) is 11. The minimum atomic E-state index is -1.57. The van der Waals surface area contributed by atoms with Gasteiger partial charge in [-0.3, -0.25) is 9.59 Å². The molecule has 10 rings (SSSR count). The van der Waals surface area contributed by atoms with Gasteiger partial charge in [0.1, 0.15) is 29.0 Å². The van der Waals surface area contributed by atoms with Gasteiger partial charge in [0.15, 0.2) is 0 Å². The maximum Gasteiger partial charge on any atom is 0.334 e. The lowest BCUT2D eigenvalue weighted by Gasteiger charge is -2.59. The number of aliphatic hydroxyl groups is 4. The molecule has 0 saturated heterocycles. The van der Waals surface area contributed by atoms with Gasteiger partial charge in [-0.05, 0) is 133 Å². The molecule has 11 nitrogen and oxygen atoms in total. The molecule has 0 amide bonds. The number of phenols is 1. The van der Waals surface area contributed by atoms with Gasteiger partial charge in [-0.2, -0.15) is 0 Å². The van der Waals surface area contributed by atoms with Crippen molar-refractivity contribution in [3.05, 3.63) is 98.6 Å². The molecule has 0 radical (unpaired) electrons. The highest BCUT2D eigenvalue weighted by Gasteiger charge is 2.62. The molecular formula is C53H59NO10. The molecule has 0 aromatic heterocycles. The molecule has 336 valence electrons. The van der Waals surface area contributed by atoms with E-state index in [2.05, 4.69) is 35.4 Å². The Balaban J connectivity index is 1.21. The summed E-state index contributed by atoms with van der Waals surface area (Å²) in [5.41, 5.74) is 5.25. The smallest absolute Gasteiger partial charge is 0.334 e. The fraction of sp³-hybridized carbons (Fsp3) is 0.528. The fourth-order valence-electron chi connectivity index (χ4n) is 13.0. The fourth-order valence-corrected chi connectivity index (χ4v) is 13.0. The van der Waals surface area contributed by atoms with Crippen LogP contribution in [0.25, 0.3) is 0 Å². The van der Waals surface area contributed by atoms with Crippen LogP contribution >= 0.6 is 0 Å². The number of aryl methyl sites for hydroxylation is 1. The predicted octanol–water partition coefficient (Wildman–Crippen LogP) is 6.27. The number of aliphatic hydroxyl groups excluding tert-OH is 3. The quantitative estimate of drug-likeness (QED) is 0.0966. The lowest BCUT2D eigenvalue weighted by Crippen LogP contribution is -2.66. The Bertz CT molecular complexity index is 2480. The molecule has 11 heteroatoms. The second-order valence-corrected chi connectivity index (χ2v) is 19.9. The van der Waals surface area contributed by atoms with Gasteiger partial charge < -0.3 is 40.3 Å². The van der Waals surface area contributed by atoms with Crippen molar-refractivity contribution in [3.8, 4) is 23.3 Å². The van der Waals surface area contributed by atoms with Crippen LogP contribution in [0.15, 0.2) is 59.7 Å². The zero-order valence-electron chi connectivity index (χ0n) is 36.5. The summed E-state index contributed by atoms with van der Waals surface area (Å²) < 4.78 is 12.6. The number of carbonyl (C=O) groups is 3. The van der Waals surface area contributed by atoms with Crippen LogP contribution in [0.2, 0.25) is 0 Å². The summed E-state index contributed by atoms with van der Waals surface area (Å²) in [5, 5.41) is 62.0. The molecule has 3 saturated carbocycles. The Morgan fingerprint density at radius 2 is 1.69 bits per heavy atom. The van der Waals surface area contributed by atoms with E-state index in [1.807, 2.05) is 12.1 Å². The highest BCUT2D eigenvalue weighted by Crippen LogP contribution is 2.59. The number of anilines is 1. The Morgan fingerprint density at radius 1 is 0.859 bits per heavy atom. The summed E-state index contributed by atoms with van der Waals surface area (Å²) in [5.74, 6) is 3.59. The van der Waals surface area contributed by atoms with Crippen LogP contribution in [0.4, 0.5) is 5.69 Å². The number of Topliss-reactive ketones (excluding diaryl/α,β-unsaturated/α-hetero) is 1. The Kier molecular flexibility index (Phi) is 11.5. The van der Waals surface area contributed by atoms with Crippen molar-refractivity contribution >= 4 is 23.4 Å². The van der Waals surface area contributed by atoms with Crippen molar-refractivity contribution in [2.24, 2.45) is 29.6 Å². The van der Waals surface area contributed by atoms with Gasteiger partial charge in [0.05, 0.1) is 31.2 Å². The molecular weight excluding hydrogens is 811 g/mol. The zero-order valence-corrected chi connectivity index (χ0v) is 36.5. The van der Waals surface area contributed by atoms with E-state index in [0.717, 1.165) is 48.8 Å². The van der Waals surface area contributed by atoms with Crippen LogP contribution in [0.1, 0.15) is 122 Å². The number of phenolic OH excluding ortho intramolecular Hbond substituents is 1. The Morgan fingerprint density at radius 3 is 2.52 bits per heavy atom. The number of ether oxygens (including phenoxy) is 2. The van der Waals surface area contributed by atoms with Crippen molar-refractivity contribution in [3.63, 3.8) is 0 Å². The Labute approximate surface area is 374 Å². The molecule has 3 fully saturated rings. The van der Waals surface area contributed by atoms with Crippen molar-refractivity contribution in [1.29, 1.82) is 0 Å². The van der Waals surface area contributed by atoms with Crippen LogP contribution < -0.4 is 10.1 Å². The summed E-state index contributed by atoms with van der Waals surface area (Å²) >= 11 is 0. The summed E-state index contributed by atoms with van der Waals surface area (Å²) in [6, 6.07) is 15.1. The number of esters is 2. The maximum absolute atomic E-state index is 15.7. The second kappa shape index (κ2) is 17.1. The predicted molar refractivity (Wildman–Crippen MR) is 237 cm³/mol. The van der Waals surface area contributed by atoms with Gasteiger partial charge in [-0.1, -0.05) is 55.4 Å². The number of rotatable bonds is 5. The SMILES string of the molecule is CC(O)CNc1cc(CO)cc(C2C#CC3CC(=O)Oc4cc(O)c(cc43)CC3OC(=O)C(=C4CCc5ccc(cc5CC4O)CC4C(=O)CCC5C4CC4CCCCC4C35O)C2)c1. The van der Waals surface area contributed by atoms with Crippen molar-refractivity contribution < 1.29 is 49.4 Å². The molecule has 4 aliphatic carbocycles. The number of hydrogen-bond donors (Lipinski definition) is 6. The van der Waals surface area contributed by atoms with E-state index in [1.165, 1.54) is 6.07 Å². The monoisotopic (exact) mass is 869 g/mol. The maximum atomic E-state index is 15.7. The van der Waals surface area contributed by atoms with Gasteiger partial charge in [0, 0.05) is 60.5 Å². The molecule has 11 atom stereocenters. The van der Waals surface area contributed by atoms with Crippen molar-refractivity contribution in [1.82, 2.24) is 0 Å². The van der Waals surface area contributed by atoms with Crippen LogP contribution in [-0.4, -0.2) is 73.7 Å². The summed E-state index contributed by atoms with van der Waals surface area (Å²) in [4.78, 5) is 43.0. The first-order chi connectivity index (χ1) is 30.9. The molecule has 3 aliphatic heterocycles. The van der Waals surface area contributed by atoms with Crippen molar-refractivity contribution in [2.75, 3.05) is 11.9 Å². The van der Waals surface area contributed by atoms with Gasteiger partial charge in [-0.25, -0.2) is 4.79 Å². The average molecular weight is 870 g/mol. The zero-order chi connectivity index (χ0) is 44.4. The van der Waals surface area contributed by atoms with Crippen molar-refractivity contribution in [2.45, 2.75) is 139 Å². The van der Waals surface area contributed by atoms with E-state index < -0.39 is 47.7 Å². The molecule has 64 heavy (non-hydrogen) atoms. The van der Waals surface area contributed by atoms with Gasteiger partial charge >= 0.3 is 11.9 Å². The highest BCUT2D eigenvalue weighted by atomic mass is 16.6. The lowest BCUT2D eigenvalue weighted by molar-refractivity contribution is -0.228. The van der Waals surface area contributed by atoms with E-state index in [9.17, 15) is 35.1 Å². The third kappa shape index (κ3) is 7.84. The van der Waals surface area contributed by atoms with Crippen LogP contribution in [-0.2, 0) is 51.4 Å². The van der Waals surface area contributed by atoms with Crippen LogP contribution in [0, 0.1) is 41.4 Å². The molecule has 3 aromatic rings. The standard InChI is InChI=1S/C53H59NO10/c1-28(56)26-54-38-16-30(27-55)15-35(18-38)32-8-9-33-24-51(60)63-49-25-47(58)37(21-40(33)49)23-50-53(62)44-5-3-2-4-34(44)20-41-42(46(57)13-12-45(41)53)17-29-6-7-31-10-11-39(43(19-32)52(61)64-50)48(59)22-36(31)14-29/h6-7,14-16,18,21,25,28,32-34,41-42,44-45,48,50,54-56,58-59,62H,2-5,10-13,17,19-20,22-24,26-27H2,1H3. The number of nitrogens with one attached hydrogen (secondary N) is 1. The average Bonchev–Trinajstić information content (AvgIpc) is 3.43. The molecule has 3 heterocycles. The summed E-state index contributed by atoms with van der Waals surface area (Å²) in [7, 11) is 0. The van der Waals surface area contributed by atoms with Gasteiger partial charge in [0.25, 0.3) is 0 Å². The van der Waals surface area contributed by atoms with E-state index in [4.69, 9.17) is 9.47 Å². The minimum Gasteiger partial charge on any atom is -0.508 e. The molecule has 6 N–H and O–H groups in total. The van der Waals surface area contributed by atoms with Gasteiger partial charge in [0.2, 0.25) is 0 Å². The molecule has 11 bridgehead atoms. The Hall–Kier alpha value is -4.99. The molecule has 3 aromatic carbocycles. The summed E-state index contributed by atoms with van der Waals surface area (Å²) in [6.45, 7) is 1.64. The van der Waals surface area contributed by atoms with E-state index in [0.29, 0.717) is 65.6 Å². The first kappa shape index (κ1) is 42.9.